The van der Waals surface area contributed by atoms with Gasteiger partial charge in [0.1, 0.15) is 11.6 Å². The van der Waals surface area contributed by atoms with Crippen LogP contribution in [0.25, 0.3) is 0 Å². The molecule has 2 heterocycles. The van der Waals surface area contributed by atoms with Crippen molar-refractivity contribution in [1.29, 1.82) is 0 Å². The van der Waals surface area contributed by atoms with Crippen molar-refractivity contribution in [2.75, 3.05) is 48.0 Å². The van der Waals surface area contributed by atoms with E-state index in [9.17, 15) is 18.4 Å². The third-order valence-electron chi connectivity index (χ3n) is 5.19. The van der Waals surface area contributed by atoms with Crippen LogP contribution in [0.5, 0.6) is 0 Å². The van der Waals surface area contributed by atoms with Crippen molar-refractivity contribution in [2.24, 2.45) is 5.92 Å². The highest BCUT2D eigenvalue weighted by Gasteiger charge is 2.36. The first-order valence-corrected chi connectivity index (χ1v) is 9.50. The fraction of sp³-hybridized carbons (Fsp3) is 0.333. The smallest absolute Gasteiger partial charge is 0.229 e. The molecule has 0 bridgehead atoms. The molecule has 0 aromatic heterocycles. The third kappa shape index (κ3) is 4.22. The summed E-state index contributed by atoms with van der Waals surface area (Å²) in [4.78, 5) is 28.4. The van der Waals surface area contributed by atoms with Gasteiger partial charge in [-0.3, -0.25) is 9.59 Å². The number of carbonyl (C=O) groups is 2. The highest BCUT2D eigenvalue weighted by Crippen LogP contribution is 2.29. The summed E-state index contributed by atoms with van der Waals surface area (Å²) >= 11 is 0. The first kappa shape index (κ1) is 19.3. The lowest BCUT2D eigenvalue weighted by atomic mass is 10.1. The van der Waals surface area contributed by atoms with E-state index in [2.05, 4.69) is 10.2 Å². The standard InChI is InChI=1S/C21H21F2N3O3/c22-15-4-5-19(18(23)11-15)26-13-14(10-20(26)27)21(28)24-16-2-1-3-17(12-16)25-6-8-29-9-7-25/h1-5,11-12,14H,6-10,13H2,(H,24,28). The molecule has 2 fully saturated rings. The lowest BCUT2D eigenvalue weighted by Crippen LogP contribution is -2.36. The van der Waals surface area contributed by atoms with Gasteiger partial charge in [0.05, 0.1) is 24.8 Å². The predicted octanol–water partition coefficient (Wildman–Crippen LogP) is 2.79. The zero-order chi connectivity index (χ0) is 20.4. The topological polar surface area (TPSA) is 61.9 Å². The Morgan fingerprint density at radius 1 is 1.10 bits per heavy atom. The third-order valence-corrected chi connectivity index (χ3v) is 5.19. The number of halogens is 2. The summed E-state index contributed by atoms with van der Waals surface area (Å²) in [6, 6.07) is 10.5. The van der Waals surface area contributed by atoms with E-state index in [-0.39, 0.29) is 30.5 Å². The Balaban J connectivity index is 1.43. The second-order valence-electron chi connectivity index (χ2n) is 7.14. The molecular formula is C21H21F2N3O3. The Kier molecular flexibility index (Phi) is 5.44. The minimum absolute atomic E-state index is 0.0129. The molecular weight excluding hydrogens is 380 g/mol. The molecule has 2 amide bonds. The van der Waals surface area contributed by atoms with Crippen LogP contribution in [-0.4, -0.2) is 44.7 Å². The lowest BCUT2D eigenvalue weighted by Gasteiger charge is -2.29. The summed E-state index contributed by atoms with van der Waals surface area (Å²) in [6.45, 7) is 2.95. The number of amides is 2. The van der Waals surface area contributed by atoms with Gasteiger partial charge in [0.2, 0.25) is 11.8 Å². The molecule has 0 radical (unpaired) electrons. The van der Waals surface area contributed by atoms with Crippen LogP contribution in [0.2, 0.25) is 0 Å². The Labute approximate surface area is 167 Å². The summed E-state index contributed by atoms with van der Waals surface area (Å²) in [5, 5.41) is 2.85. The summed E-state index contributed by atoms with van der Waals surface area (Å²) in [6.07, 6.45) is -0.0220. The SMILES string of the molecule is O=C(Nc1cccc(N2CCOCC2)c1)C1CC(=O)N(c2ccc(F)cc2F)C1. The minimum Gasteiger partial charge on any atom is -0.378 e. The number of hydrogen-bond donors (Lipinski definition) is 1. The molecule has 2 aromatic rings. The highest BCUT2D eigenvalue weighted by molar-refractivity contribution is 6.03. The molecule has 1 unspecified atom stereocenters. The van der Waals surface area contributed by atoms with E-state index in [1.54, 1.807) is 6.07 Å². The number of anilines is 3. The number of nitrogens with zero attached hydrogens (tertiary/aromatic N) is 2. The summed E-state index contributed by atoms with van der Waals surface area (Å²) in [5.41, 5.74) is 1.61. The van der Waals surface area contributed by atoms with E-state index in [0.29, 0.717) is 18.9 Å². The van der Waals surface area contributed by atoms with E-state index in [1.165, 1.54) is 11.0 Å². The molecule has 152 valence electrons. The average Bonchev–Trinajstić information content (AvgIpc) is 3.10. The lowest BCUT2D eigenvalue weighted by molar-refractivity contribution is -0.122. The molecule has 2 aliphatic rings. The van der Waals surface area contributed by atoms with Crippen LogP contribution < -0.4 is 15.1 Å². The molecule has 0 saturated carbocycles. The molecule has 4 rings (SSSR count). The molecule has 8 heteroatoms. The second-order valence-corrected chi connectivity index (χ2v) is 7.14. The number of rotatable bonds is 4. The first-order valence-electron chi connectivity index (χ1n) is 9.50. The van der Waals surface area contributed by atoms with Crippen LogP contribution in [0.15, 0.2) is 42.5 Å². The van der Waals surface area contributed by atoms with E-state index < -0.39 is 17.6 Å². The van der Waals surface area contributed by atoms with Crippen molar-refractivity contribution in [1.82, 2.24) is 0 Å². The fourth-order valence-corrected chi connectivity index (χ4v) is 3.66. The molecule has 2 aliphatic heterocycles. The van der Waals surface area contributed by atoms with Crippen molar-refractivity contribution in [3.63, 3.8) is 0 Å². The molecule has 6 nitrogen and oxygen atoms in total. The highest BCUT2D eigenvalue weighted by atomic mass is 19.1. The van der Waals surface area contributed by atoms with E-state index in [1.807, 2.05) is 18.2 Å². The molecule has 1 N–H and O–H groups in total. The predicted molar refractivity (Wildman–Crippen MR) is 105 cm³/mol. The first-order chi connectivity index (χ1) is 14.0. The summed E-state index contributed by atoms with van der Waals surface area (Å²) in [7, 11) is 0. The number of nitrogens with one attached hydrogen (secondary N) is 1. The van der Waals surface area contributed by atoms with Crippen LogP contribution in [-0.2, 0) is 14.3 Å². The van der Waals surface area contributed by atoms with Gasteiger partial charge >= 0.3 is 0 Å². The van der Waals surface area contributed by atoms with Gasteiger partial charge in [0.25, 0.3) is 0 Å². The van der Waals surface area contributed by atoms with Crippen LogP contribution in [0, 0.1) is 17.6 Å². The normalized spacial score (nSPS) is 19.5. The summed E-state index contributed by atoms with van der Waals surface area (Å²) < 4.78 is 32.5. The maximum atomic E-state index is 14.0. The average molecular weight is 401 g/mol. The van der Waals surface area contributed by atoms with Gasteiger partial charge in [-0.1, -0.05) is 6.07 Å². The Hall–Kier alpha value is -3.00. The molecule has 2 saturated heterocycles. The van der Waals surface area contributed by atoms with Crippen molar-refractivity contribution in [3.8, 4) is 0 Å². The molecule has 0 aliphatic carbocycles. The number of ether oxygens (including phenoxy) is 1. The van der Waals surface area contributed by atoms with Gasteiger partial charge in [-0.25, -0.2) is 8.78 Å². The van der Waals surface area contributed by atoms with E-state index >= 15 is 0 Å². The van der Waals surface area contributed by atoms with Crippen molar-refractivity contribution < 1.29 is 23.1 Å². The number of morpholine rings is 1. The van der Waals surface area contributed by atoms with Crippen LogP contribution >= 0.6 is 0 Å². The van der Waals surface area contributed by atoms with Gasteiger partial charge in [0.15, 0.2) is 0 Å². The minimum atomic E-state index is -0.822. The molecule has 2 aromatic carbocycles. The monoisotopic (exact) mass is 401 g/mol. The fourth-order valence-electron chi connectivity index (χ4n) is 3.66. The van der Waals surface area contributed by atoms with Gasteiger partial charge in [0, 0.05) is 43.5 Å². The number of carbonyl (C=O) groups excluding carboxylic acids is 2. The quantitative estimate of drug-likeness (QED) is 0.856. The Morgan fingerprint density at radius 2 is 1.90 bits per heavy atom. The largest absolute Gasteiger partial charge is 0.378 e. The van der Waals surface area contributed by atoms with Gasteiger partial charge in [-0.2, -0.15) is 0 Å². The summed E-state index contributed by atoms with van der Waals surface area (Å²) in [5.74, 6) is -2.82. The van der Waals surface area contributed by atoms with Gasteiger partial charge < -0.3 is 19.9 Å². The van der Waals surface area contributed by atoms with E-state index in [4.69, 9.17) is 4.74 Å². The van der Waals surface area contributed by atoms with Crippen LogP contribution in [0.3, 0.4) is 0 Å². The maximum Gasteiger partial charge on any atom is 0.229 e. The zero-order valence-electron chi connectivity index (χ0n) is 15.7. The van der Waals surface area contributed by atoms with Crippen molar-refractivity contribution >= 4 is 28.9 Å². The number of hydrogen-bond acceptors (Lipinski definition) is 4. The molecule has 0 spiro atoms. The zero-order valence-corrected chi connectivity index (χ0v) is 15.7. The van der Waals surface area contributed by atoms with E-state index in [0.717, 1.165) is 30.9 Å². The Bertz CT molecular complexity index is 931. The second kappa shape index (κ2) is 8.16. The van der Waals surface area contributed by atoms with Crippen molar-refractivity contribution in [2.45, 2.75) is 6.42 Å². The van der Waals surface area contributed by atoms with Gasteiger partial charge in [-0.05, 0) is 30.3 Å². The van der Waals surface area contributed by atoms with Crippen molar-refractivity contribution in [3.05, 3.63) is 54.1 Å². The van der Waals surface area contributed by atoms with Crippen LogP contribution in [0.1, 0.15) is 6.42 Å². The van der Waals surface area contributed by atoms with Crippen LogP contribution in [0.4, 0.5) is 25.8 Å². The Morgan fingerprint density at radius 3 is 2.66 bits per heavy atom. The molecule has 1 atom stereocenters. The van der Waals surface area contributed by atoms with Gasteiger partial charge in [-0.15, -0.1) is 0 Å². The maximum absolute atomic E-state index is 14.0. The molecule has 29 heavy (non-hydrogen) atoms. The number of benzene rings is 2.